The molecule has 2 aromatic carbocycles. The van der Waals surface area contributed by atoms with Gasteiger partial charge in [0.25, 0.3) is 0 Å². The Kier molecular flexibility index (Phi) is 5.69. The van der Waals surface area contributed by atoms with Crippen molar-refractivity contribution in [1.29, 1.82) is 0 Å². The van der Waals surface area contributed by atoms with E-state index in [1.165, 1.54) is 7.11 Å². The van der Waals surface area contributed by atoms with Gasteiger partial charge in [-0.2, -0.15) is 0 Å². The molecule has 0 aliphatic heterocycles. The summed E-state index contributed by atoms with van der Waals surface area (Å²) in [5, 5.41) is 2.73. The lowest BCUT2D eigenvalue weighted by atomic mass is 10.2. The van der Waals surface area contributed by atoms with Crippen LogP contribution in [-0.4, -0.2) is 33.7 Å². The zero-order chi connectivity index (χ0) is 18.6. The van der Waals surface area contributed by atoms with Gasteiger partial charge in [0.2, 0.25) is 15.9 Å². The Bertz CT molecular complexity index is 848. The zero-order valence-corrected chi connectivity index (χ0v) is 15.5. The monoisotopic (exact) mass is 362 g/mol. The van der Waals surface area contributed by atoms with E-state index in [0.29, 0.717) is 17.1 Å². The first kappa shape index (κ1) is 18.8. The second-order valence-corrected chi connectivity index (χ2v) is 7.65. The maximum Gasteiger partial charge on any atom is 0.247 e. The van der Waals surface area contributed by atoms with Gasteiger partial charge in [-0.05, 0) is 38.1 Å². The number of carbonyl (C=O) groups excluding carboxylic acids is 1. The Hall–Kier alpha value is -2.54. The van der Waals surface area contributed by atoms with Gasteiger partial charge in [0.1, 0.15) is 11.8 Å². The molecule has 6 nitrogen and oxygen atoms in total. The van der Waals surface area contributed by atoms with E-state index in [1.54, 1.807) is 55.5 Å². The number of nitrogens with zero attached hydrogens (tertiary/aromatic N) is 1. The minimum atomic E-state index is -3.63. The molecule has 0 aliphatic carbocycles. The van der Waals surface area contributed by atoms with Gasteiger partial charge in [-0.25, -0.2) is 8.42 Å². The van der Waals surface area contributed by atoms with Gasteiger partial charge < -0.3 is 10.1 Å². The molecule has 1 atom stereocenters. The number of hydrogen-bond acceptors (Lipinski definition) is 4. The molecule has 2 aromatic rings. The molecule has 1 N–H and O–H groups in total. The minimum absolute atomic E-state index is 0.431. The van der Waals surface area contributed by atoms with Crippen LogP contribution >= 0.6 is 0 Å². The van der Waals surface area contributed by atoms with Gasteiger partial charge in [-0.15, -0.1) is 0 Å². The molecular formula is C18H22N2O4S. The largest absolute Gasteiger partial charge is 0.497 e. The maximum absolute atomic E-state index is 12.6. The minimum Gasteiger partial charge on any atom is -0.497 e. The van der Waals surface area contributed by atoms with Crippen LogP contribution in [0, 0.1) is 6.92 Å². The summed E-state index contributed by atoms with van der Waals surface area (Å²) in [4.78, 5) is 12.6. The fraction of sp³-hybridized carbons (Fsp3) is 0.278. The number of hydrogen-bond donors (Lipinski definition) is 1. The second-order valence-electron chi connectivity index (χ2n) is 5.79. The molecule has 0 aromatic heterocycles. The third-order valence-corrected chi connectivity index (χ3v) is 4.96. The Morgan fingerprint density at radius 1 is 1.16 bits per heavy atom. The van der Waals surface area contributed by atoms with Crippen molar-refractivity contribution in [2.75, 3.05) is 23.0 Å². The van der Waals surface area contributed by atoms with Gasteiger partial charge in [0.15, 0.2) is 0 Å². The summed E-state index contributed by atoms with van der Waals surface area (Å²) < 4.78 is 30.7. The van der Waals surface area contributed by atoms with Gasteiger partial charge in [0.05, 0.1) is 19.1 Å². The Labute approximate surface area is 148 Å². The molecule has 1 amide bonds. The van der Waals surface area contributed by atoms with Gasteiger partial charge in [0, 0.05) is 11.8 Å². The van der Waals surface area contributed by atoms with Crippen molar-refractivity contribution in [3.8, 4) is 5.75 Å². The molecule has 0 aliphatic rings. The lowest BCUT2D eigenvalue weighted by Crippen LogP contribution is -2.45. The first-order valence-corrected chi connectivity index (χ1v) is 9.58. The number of benzene rings is 2. The molecule has 134 valence electrons. The standard InChI is InChI=1S/C18H22N2O4S/c1-13-8-10-16(11-9-13)20(25(4,22)23)14(2)18(21)19-15-6-5-7-17(12-15)24-3/h5-12,14H,1-4H3,(H,19,21). The molecule has 0 heterocycles. The number of rotatable bonds is 6. The number of methoxy groups -OCH3 is 1. The molecule has 25 heavy (non-hydrogen) atoms. The highest BCUT2D eigenvalue weighted by molar-refractivity contribution is 7.92. The lowest BCUT2D eigenvalue weighted by Gasteiger charge is -2.28. The van der Waals surface area contributed by atoms with Gasteiger partial charge in [-0.1, -0.05) is 23.8 Å². The van der Waals surface area contributed by atoms with Crippen molar-refractivity contribution in [2.45, 2.75) is 19.9 Å². The van der Waals surface area contributed by atoms with Crippen LogP contribution in [0.2, 0.25) is 0 Å². The van der Waals surface area contributed by atoms with E-state index in [-0.39, 0.29) is 0 Å². The molecule has 0 fully saturated rings. The summed E-state index contributed by atoms with van der Waals surface area (Å²) in [6.45, 7) is 3.46. The van der Waals surface area contributed by atoms with Crippen molar-refractivity contribution in [3.05, 3.63) is 54.1 Å². The van der Waals surface area contributed by atoms with Crippen molar-refractivity contribution in [2.24, 2.45) is 0 Å². The number of carbonyl (C=O) groups is 1. The smallest absolute Gasteiger partial charge is 0.247 e. The molecule has 0 saturated carbocycles. The quantitative estimate of drug-likeness (QED) is 0.857. The molecule has 7 heteroatoms. The molecule has 0 radical (unpaired) electrons. The third-order valence-electron chi connectivity index (χ3n) is 3.71. The van der Waals surface area contributed by atoms with Crippen LogP contribution in [0.1, 0.15) is 12.5 Å². The average Bonchev–Trinajstić information content (AvgIpc) is 2.55. The number of sulfonamides is 1. The summed E-state index contributed by atoms with van der Waals surface area (Å²) in [6.07, 6.45) is 1.09. The third kappa shape index (κ3) is 4.73. The van der Waals surface area contributed by atoms with Crippen molar-refractivity contribution in [1.82, 2.24) is 0 Å². The van der Waals surface area contributed by atoms with Gasteiger partial charge in [-0.3, -0.25) is 9.10 Å². The van der Waals surface area contributed by atoms with Crippen molar-refractivity contribution >= 4 is 27.3 Å². The van der Waals surface area contributed by atoms with Crippen LogP contribution in [0.25, 0.3) is 0 Å². The molecule has 0 spiro atoms. The highest BCUT2D eigenvalue weighted by atomic mass is 32.2. The first-order chi connectivity index (χ1) is 11.7. The highest BCUT2D eigenvalue weighted by Crippen LogP contribution is 2.23. The highest BCUT2D eigenvalue weighted by Gasteiger charge is 2.29. The normalized spacial score (nSPS) is 12.3. The molecule has 0 saturated heterocycles. The summed E-state index contributed by atoms with van der Waals surface area (Å²) in [5.74, 6) is 0.170. The van der Waals surface area contributed by atoms with Crippen LogP contribution < -0.4 is 14.4 Å². The number of aryl methyl sites for hydroxylation is 1. The van der Waals surface area contributed by atoms with Gasteiger partial charge >= 0.3 is 0 Å². The number of ether oxygens (including phenoxy) is 1. The van der Waals surface area contributed by atoms with E-state index < -0.39 is 22.0 Å². The molecule has 2 rings (SSSR count). The van der Waals surface area contributed by atoms with Crippen LogP contribution in [0.5, 0.6) is 5.75 Å². The molecular weight excluding hydrogens is 340 g/mol. The molecule has 0 bridgehead atoms. The summed E-state index contributed by atoms with van der Waals surface area (Å²) in [7, 11) is -2.10. The predicted molar refractivity (Wildman–Crippen MR) is 99.6 cm³/mol. The van der Waals surface area contributed by atoms with Crippen LogP contribution in [0.15, 0.2) is 48.5 Å². The van der Waals surface area contributed by atoms with Crippen molar-refractivity contribution < 1.29 is 17.9 Å². The topological polar surface area (TPSA) is 75.7 Å². The van der Waals surface area contributed by atoms with E-state index in [2.05, 4.69) is 5.32 Å². The van der Waals surface area contributed by atoms with E-state index in [1.807, 2.05) is 6.92 Å². The SMILES string of the molecule is COc1cccc(NC(=O)C(C)N(c2ccc(C)cc2)S(C)(=O)=O)c1. The van der Waals surface area contributed by atoms with Crippen LogP contribution in [0.4, 0.5) is 11.4 Å². The van der Waals surface area contributed by atoms with Crippen LogP contribution in [-0.2, 0) is 14.8 Å². The van der Waals surface area contributed by atoms with E-state index >= 15 is 0 Å². The Morgan fingerprint density at radius 2 is 1.80 bits per heavy atom. The summed E-state index contributed by atoms with van der Waals surface area (Å²) >= 11 is 0. The number of nitrogens with one attached hydrogen (secondary N) is 1. The van der Waals surface area contributed by atoms with Crippen molar-refractivity contribution in [3.63, 3.8) is 0 Å². The Morgan fingerprint density at radius 3 is 2.36 bits per heavy atom. The average molecular weight is 362 g/mol. The maximum atomic E-state index is 12.6. The molecule has 1 unspecified atom stereocenters. The van der Waals surface area contributed by atoms with E-state index in [4.69, 9.17) is 4.74 Å². The zero-order valence-electron chi connectivity index (χ0n) is 14.7. The summed E-state index contributed by atoms with van der Waals surface area (Å²) in [5.41, 5.74) is 1.99. The van der Waals surface area contributed by atoms with E-state index in [9.17, 15) is 13.2 Å². The number of amides is 1. The Balaban J connectivity index is 2.28. The number of anilines is 2. The van der Waals surface area contributed by atoms with E-state index in [0.717, 1.165) is 16.1 Å². The second kappa shape index (κ2) is 7.57. The lowest BCUT2D eigenvalue weighted by molar-refractivity contribution is -0.116. The first-order valence-electron chi connectivity index (χ1n) is 7.73. The predicted octanol–water partition coefficient (Wildman–Crippen LogP) is 2.80. The van der Waals surface area contributed by atoms with Crippen LogP contribution in [0.3, 0.4) is 0 Å². The summed E-state index contributed by atoms with van der Waals surface area (Å²) in [6, 6.07) is 13.0. The fourth-order valence-corrected chi connectivity index (χ4v) is 3.62. The fourth-order valence-electron chi connectivity index (χ4n) is 2.45.